The summed E-state index contributed by atoms with van der Waals surface area (Å²) in [6.07, 6.45) is 1.65. The highest BCUT2D eigenvalue weighted by atomic mass is 31.2. The van der Waals surface area contributed by atoms with Crippen molar-refractivity contribution in [2.24, 2.45) is 0 Å². The van der Waals surface area contributed by atoms with Gasteiger partial charge in [0.2, 0.25) is 0 Å². The first-order valence-electron chi connectivity index (χ1n) is 11.8. The fraction of sp³-hybridized carbons (Fsp3) is 0.542. The van der Waals surface area contributed by atoms with Gasteiger partial charge >= 0.3 is 19.7 Å². The molecule has 1 heterocycles. The number of amides is 1. The molecule has 0 radical (unpaired) electrons. The van der Waals surface area contributed by atoms with Crippen LogP contribution in [0.5, 0.6) is 0 Å². The lowest BCUT2D eigenvalue weighted by Crippen LogP contribution is -2.49. The van der Waals surface area contributed by atoms with Crippen molar-refractivity contribution < 1.29 is 48.1 Å². The van der Waals surface area contributed by atoms with E-state index >= 15 is 0 Å². The molecule has 12 nitrogen and oxygen atoms in total. The van der Waals surface area contributed by atoms with Crippen molar-refractivity contribution in [3.63, 3.8) is 0 Å². The maximum atomic E-state index is 13.0. The van der Waals surface area contributed by atoms with Crippen LogP contribution in [0.15, 0.2) is 24.0 Å². The van der Waals surface area contributed by atoms with Crippen molar-refractivity contribution in [2.75, 3.05) is 26.5 Å². The Morgan fingerprint density at radius 3 is 2.41 bits per heavy atom. The van der Waals surface area contributed by atoms with Gasteiger partial charge in [-0.2, -0.15) is 0 Å². The number of aliphatic carboxylic acids is 1. The van der Waals surface area contributed by atoms with E-state index in [2.05, 4.69) is 10.6 Å². The first kappa shape index (κ1) is 30.5. The number of nitrogens with one attached hydrogen (secondary N) is 2. The molecule has 1 aliphatic carbocycles. The first-order valence-corrected chi connectivity index (χ1v) is 13.6. The van der Waals surface area contributed by atoms with E-state index in [-0.39, 0.29) is 18.6 Å². The van der Waals surface area contributed by atoms with Crippen molar-refractivity contribution in [2.45, 2.75) is 58.1 Å². The predicted octanol–water partition coefficient (Wildman–Crippen LogP) is 2.44. The molecule has 1 aromatic rings. The molecule has 0 aromatic heterocycles. The van der Waals surface area contributed by atoms with E-state index in [0.29, 0.717) is 24.2 Å². The normalized spacial score (nSPS) is 21.2. The minimum absolute atomic E-state index is 0.154. The van der Waals surface area contributed by atoms with Gasteiger partial charge in [-0.05, 0) is 57.6 Å². The second-order valence-corrected chi connectivity index (χ2v) is 10.6. The van der Waals surface area contributed by atoms with Crippen LogP contribution in [0.3, 0.4) is 0 Å². The Morgan fingerprint density at radius 1 is 1.22 bits per heavy atom. The highest BCUT2D eigenvalue weighted by Crippen LogP contribution is 2.44. The Morgan fingerprint density at radius 2 is 1.86 bits per heavy atom. The Hall–Kier alpha value is -2.76. The van der Waals surface area contributed by atoms with Crippen molar-refractivity contribution in [1.82, 2.24) is 10.6 Å². The molecule has 2 aliphatic rings. The third kappa shape index (κ3) is 8.65. The van der Waals surface area contributed by atoms with Gasteiger partial charge in [-0.15, -0.1) is 0 Å². The fourth-order valence-electron chi connectivity index (χ4n) is 4.29. The Kier molecular flexibility index (Phi) is 10.8. The second-order valence-electron chi connectivity index (χ2n) is 8.92. The van der Waals surface area contributed by atoms with Gasteiger partial charge in [0.05, 0.1) is 36.7 Å². The molecule has 1 aliphatic heterocycles. The number of aryl methyl sites for hydroxylation is 2. The minimum atomic E-state index is -4.10. The molecule has 206 valence electrons. The van der Waals surface area contributed by atoms with Gasteiger partial charge in [-0.1, -0.05) is 23.8 Å². The van der Waals surface area contributed by atoms with Gasteiger partial charge in [0, 0.05) is 7.11 Å². The summed E-state index contributed by atoms with van der Waals surface area (Å²) in [6.45, 7) is 5.42. The summed E-state index contributed by atoms with van der Waals surface area (Å²) >= 11 is 0. The van der Waals surface area contributed by atoms with Crippen LogP contribution >= 0.6 is 7.60 Å². The molecule has 0 bridgehead atoms. The molecule has 1 amide bonds. The number of carbonyl (C=O) groups is 3. The Labute approximate surface area is 215 Å². The molecule has 0 atom stereocenters. The molecule has 1 fully saturated rings. The van der Waals surface area contributed by atoms with E-state index in [1.165, 1.54) is 0 Å². The molecule has 0 saturated heterocycles. The predicted molar refractivity (Wildman–Crippen MR) is 134 cm³/mol. The van der Waals surface area contributed by atoms with Crippen LogP contribution < -0.4 is 10.6 Å². The quantitative estimate of drug-likeness (QED) is 0.240. The zero-order valence-corrected chi connectivity index (χ0v) is 22.3. The van der Waals surface area contributed by atoms with Gasteiger partial charge in [-0.25, -0.2) is 4.79 Å². The Bertz CT molecular complexity index is 1070. The van der Waals surface area contributed by atoms with Gasteiger partial charge in [0.25, 0.3) is 5.91 Å². The number of hydrogen-bond acceptors (Lipinski definition) is 8. The zero-order valence-electron chi connectivity index (χ0n) is 21.4. The molecule has 0 unspecified atom stereocenters. The summed E-state index contributed by atoms with van der Waals surface area (Å²) in [6, 6.07) is 5.93. The number of carboxylic acids is 1. The third-order valence-electron chi connectivity index (χ3n) is 6.07. The van der Waals surface area contributed by atoms with Crippen molar-refractivity contribution in [3.8, 4) is 0 Å². The van der Waals surface area contributed by atoms with Crippen LogP contribution in [0, 0.1) is 13.8 Å². The molecule has 3 rings (SSSR count). The van der Waals surface area contributed by atoms with Crippen molar-refractivity contribution in [3.05, 3.63) is 40.6 Å². The van der Waals surface area contributed by atoms with E-state index in [4.69, 9.17) is 29.1 Å². The van der Waals surface area contributed by atoms with Crippen LogP contribution in [0.1, 0.15) is 49.3 Å². The number of ether oxygens (including phenoxy) is 3. The molecule has 1 aromatic carbocycles. The van der Waals surface area contributed by atoms with Crippen LogP contribution in [0.4, 0.5) is 4.79 Å². The average Bonchev–Trinajstić information content (AvgIpc) is 3.05. The maximum absolute atomic E-state index is 13.0. The van der Waals surface area contributed by atoms with Gasteiger partial charge in [0.1, 0.15) is 5.76 Å². The molecule has 37 heavy (non-hydrogen) atoms. The maximum Gasteiger partial charge on any atom is 0.513 e. The largest absolute Gasteiger partial charge is 0.513 e. The first-order chi connectivity index (χ1) is 17.3. The molecule has 5 N–H and O–H groups in total. The van der Waals surface area contributed by atoms with Crippen LogP contribution in [-0.2, 0) is 28.4 Å². The Balaban J connectivity index is 0.000000410. The van der Waals surface area contributed by atoms with E-state index in [1.54, 1.807) is 14.0 Å². The van der Waals surface area contributed by atoms with E-state index in [1.807, 2.05) is 32.0 Å². The van der Waals surface area contributed by atoms with E-state index in [9.17, 15) is 18.9 Å². The molecule has 1 saturated carbocycles. The SMILES string of the molecule is CCOC(=O)OC1=C(c2cc(C)ccc2C)C(=O)NC12CCC(OC)CC2.O=C(O)CNCP(=O)(O)O. The summed E-state index contributed by atoms with van der Waals surface area (Å²) in [5, 5.41) is 13.2. The minimum Gasteiger partial charge on any atom is -0.480 e. The number of benzene rings is 1. The van der Waals surface area contributed by atoms with E-state index < -0.39 is 38.1 Å². The molecule has 1 spiro atoms. The van der Waals surface area contributed by atoms with Gasteiger partial charge < -0.3 is 34.4 Å². The number of carbonyl (C=O) groups excluding carboxylic acids is 2. The van der Waals surface area contributed by atoms with Crippen LogP contribution in [0.25, 0.3) is 5.57 Å². The summed E-state index contributed by atoms with van der Waals surface area (Å²) in [5.74, 6) is -0.971. The molecule has 13 heteroatoms. The molecular weight excluding hydrogens is 507 g/mol. The lowest BCUT2D eigenvalue weighted by molar-refractivity contribution is -0.135. The summed E-state index contributed by atoms with van der Waals surface area (Å²) in [7, 11) is -2.40. The number of carboxylic acid groups (broad SMARTS) is 1. The summed E-state index contributed by atoms with van der Waals surface area (Å²) < 4.78 is 26.1. The van der Waals surface area contributed by atoms with Gasteiger partial charge in [-0.3, -0.25) is 19.5 Å². The van der Waals surface area contributed by atoms with Gasteiger partial charge in [0.15, 0.2) is 0 Å². The standard InChI is InChI=1S/C21H27NO5.C3H8NO5P/c1-5-26-20(24)27-18-17(16-12-13(2)6-7-14(16)3)19(23)22-21(18)10-8-15(25-4)9-11-21;5-3(6)1-4-2-10(7,8)9/h6-7,12,15H,5,8-11H2,1-4H3,(H,22,23);4H,1-2H2,(H,5,6)(H2,7,8,9). The van der Waals surface area contributed by atoms with Crippen molar-refractivity contribution >= 4 is 31.2 Å². The summed E-state index contributed by atoms with van der Waals surface area (Å²) in [5.41, 5.74) is 2.52. The summed E-state index contributed by atoms with van der Waals surface area (Å²) in [4.78, 5) is 51.3. The second kappa shape index (κ2) is 13.2. The number of methoxy groups -OCH3 is 1. The topological polar surface area (TPSA) is 181 Å². The van der Waals surface area contributed by atoms with Crippen LogP contribution in [-0.4, -0.2) is 71.1 Å². The smallest absolute Gasteiger partial charge is 0.480 e. The average molecular weight is 543 g/mol. The van der Waals surface area contributed by atoms with Crippen molar-refractivity contribution in [1.29, 1.82) is 0 Å². The zero-order chi connectivity index (χ0) is 27.8. The fourth-order valence-corrected chi connectivity index (χ4v) is 4.69. The number of hydrogen-bond donors (Lipinski definition) is 5. The van der Waals surface area contributed by atoms with Crippen LogP contribution in [0.2, 0.25) is 0 Å². The van der Waals surface area contributed by atoms with E-state index in [0.717, 1.165) is 29.5 Å². The monoisotopic (exact) mass is 542 g/mol. The lowest BCUT2D eigenvalue weighted by atomic mass is 9.79. The highest BCUT2D eigenvalue weighted by molar-refractivity contribution is 7.51. The highest BCUT2D eigenvalue weighted by Gasteiger charge is 2.50. The number of rotatable bonds is 8. The molecular formula is C24H35N2O10P. The lowest BCUT2D eigenvalue weighted by Gasteiger charge is -2.37. The third-order valence-corrected chi connectivity index (χ3v) is 6.70.